The van der Waals surface area contributed by atoms with Crippen molar-refractivity contribution in [3.63, 3.8) is 0 Å². The second-order valence-electron chi connectivity index (χ2n) is 5.82. The third kappa shape index (κ3) is 3.89. The van der Waals surface area contributed by atoms with E-state index in [0.717, 1.165) is 6.42 Å². The molecule has 1 fully saturated rings. The summed E-state index contributed by atoms with van der Waals surface area (Å²) >= 11 is 0. The minimum atomic E-state index is -0.513. The third-order valence-corrected chi connectivity index (χ3v) is 3.11. The van der Waals surface area contributed by atoms with Gasteiger partial charge in [0, 0.05) is 13.1 Å². The summed E-state index contributed by atoms with van der Waals surface area (Å²) in [5.74, 6) is -0.275. The van der Waals surface area contributed by atoms with Crippen LogP contribution in [0.5, 0.6) is 0 Å². The fourth-order valence-electron chi connectivity index (χ4n) is 2.02. The van der Waals surface area contributed by atoms with Gasteiger partial charge in [-0.05, 0) is 33.1 Å². The summed E-state index contributed by atoms with van der Waals surface area (Å²) in [5.41, 5.74) is -0.513. The van der Waals surface area contributed by atoms with Crippen molar-refractivity contribution in [3.8, 4) is 0 Å². The van der Waals surface area contributed by atoms with E-state index in [0.29, 0.717) is 13.1 Å². The van der Waals surface area contributed by atoms with E-state index in [-0.39, 0.29) is 23.9 Å². The minimum absolute atomic E-state index is 0.233. The molecule has 0 aromatic carbocycles. The maximum Gasteiger partial charge on any atom is 0.410 e. The molecule has 0 aliphatic carbocycles. The zero-order valence-electron chi connectivity index (χ0n) is 11.9. The third-order valence-electron chi connectivity index (χ3n) is 3.11. The number of esters is 1. The van der Waals surface area contributed by atoms with Crippen LogP contribution in [0.1, 0.15) is 34.1 Å². The fourth-order valence-corrected chi connectivity index (χ4v) is 2.02. The molecular weight excluding hydrogens is 234 g/mol. The molecule has 2 unspecified atom stereocenters. The monoisotopic (exact) mass is 257 g/mol. The van der Waals surface area contributed by atoms with Gasteiger partial charge in [0.05, 0.1) is 13.0 Å². The van der Waals surface area contributed by atoms with Crippen LogP contribution < -0.4 is 0 Å². The Hall–Kier alpha value is -1.26. The molecule has 0 N–H and O–H groups in total. The molecule has 18 heavy (non-hydrogen) atoms. The Bertz CT molecular complexity index is 321. The average molecular weight is 257 g/mol. The van der Waals surface area contributed by atoms with Gasteiger partial charge in [0.2, 0.25) is 0 Å². The number of likely N-dealkylation sites (tertiary alicyclic amines) is 1. The van der Waals surface area contributed by atoms with Crippen LogP contribution in [0.25, 0.3) is 0 Å². The lowest BCUT2D eigenvalue weighted by molar-refractivity contribution is -0.149. The van der Waals surface area contributed by atoms with Gasteiger partial charge in [-0.3, -0.25) is 4.79 Å². The van der Waals surface area contributed by atoms with Gasteiger partial charge < -0.3 is 14.4 Å². The molecule has 2 atom stereocenters. The molecule has 0 bridgehead atoms. The molecule has 0 saturated carbocycles. The molecule has 1 rings (SSSR count). The highest BCUT2D eigenvalue weighted by Gasteiger charge is 2.35. The zero-order valence-corrected chi connectivity index (χ0v) is 11.9. The largest absolute Gasteiger partial charge is 0.469 e. The summed E-state index contributed by atoms with van der Waals surface area (Å²) < 4.78 is 10.1. The standard InChI is InChI=1S/C13H23NO4/c1-9-6-7-14(8-10(9)11(15)17-5)12(16)18-13(2,3)4/h9-10H,6-8H2,1-5H3. The average Bonchev–Trinajstić information content (AvgIpc) is 2.26. The number of carbonyl (C=O) groups is 2. The van der Waals surface area contributed by atoms with Gasteiger partial charge in [0.1, 0.15) is 5.60 Å². The maximum atomic E-state index is 11.9. The summed E-state index contributed by atoms with van der Waals surface area (Å²) in [4.78, 5) is 25.1. The van der Waals surface area contributed by atoms with Gasteiger partial charge in [0.15, 0.2) is 0 Å². The van der Waals surface area contributed by atoms with Gasteiger partial charge in [-0.15, -0.1) is 0 Å². The zero-order chi connectivity index (χ0) is 13.9. The smallest absolute Gasteiger partial charge is 0.410 e. The van der Waals surface area contributed by atoms with Crippen molar-refractivity contribution >= 4 is 12.1 Å². The molecule has 5 heteroatoms. The van der Waals surface area contributed by atoms with Crippen molar-refractivity contribution in [1.82, 2.24) is 4.90 Å². The predicted octanol–water partition coefficient (Wildman–Crippen LogP) is 2.05. The molecule has 0 spiro atoms. The van der Waals surface area contributed by atoms with Crippen molar-refractivity contribution in [2.24, 2.45) is 11.8 Å². The minimum Gasteiger partial charge on any atom is -0.469 e. The van der Waals surface area contributed by atoms with Crippen molar-refractivity contribution in [3.05, 3.63) is 0 Å². The number of rotatable bonds is 1. The number of carbonyl (C=O) groups excluding carboxylic acids is 2. The van der Waals surface area contributed by atoms with Crippen molar-refractivity contribution < 1.29 is 19.1 Å². The van der Waals surface area contributed by atoms with Crippen LogP contribution in [0.15, 0.2) is 0 Å². The molecule has 1 heterocycles. The van der Waals surface area contributed by atoms with Crippen molar-refractivity contribution in [2.75, 3.05) is 20.2 Å². The molecular formula is C13H23NO4. The Balaban J connectivity index is 2.64. The SMILES string of the molecule is COC(=O)C1CN(C(=O)OC(C)(C)C)CCC1C. The molecule has 1 amide bonds. The first-order valence-electron chi connectivity index (χ1n) is 6.30. The summed E-state index contributed by atoms with van der Waals surface area (Å²) in [6, 6.07) is 0. The summed E-state index contributed by atoms with van der Waals surface area (Å²) in [5, 5.41) is 0. The van der Waals surface area contributed by atoms with E-state index < -0.39 is 5.60 Å². The number of amides is 1. The van der Waals surface area contributed by atoms with Gasteiger partial charge in [-0.1, -0.05) is 6.92 Å². The number of ether oxygens (including phenoxy) is 2. The first-order chi connectivity index (χ1) is 8.24. The van der Waals surface area contributed by atoms with Crippen LogP contribution in [0.2, 0.25) is 0 Å². The number of hydrogen-bond acceptors (Lipinski definition) is 4. The molecule has 104 valence electrons. The molecule has 5 nitrogen and oxygen atoms in total. The molecule has 1 aliphatic heterocycles. The van der Waals surface area contributed by atoms with Crippen LogP contribution in [0, 0.1) is 11.8 Å². The van der Waals surface area contributed by atoms with Crippen LogP contribution in [-0.2, 0) is 14.3 Å². The van der Waals surface area contributed by atoms with Crippen molar-refractivity contribution in [1.29, 1.82) is 0 Å². The Morgan fingerprint density at radius 2 is 1.89 bits per heavy atom. The first-order valence-corrected chi connectivity index (χ1v) is 6.30. The molecule has 0 aromatic heterocycles. The van der Waals surface area contributed by atoms with E-state index in [1.807, 2.05) is 27.7 Å². The lowest BCUT2D eigenvalue weighted by Gasteiger charge is -2.36. The second kappa shape index (κ2) is 5.59. The number of piperidine rings is 1. The Kier molecular flexibility index (Phi) is 4.59. The van der Waals surface area contributed by atoms with Gasteiger partial charge >= 0.3 is 12.1 Å². The van der Waals surface area contributed by atoms with E-state index in [9.17, 15) is 9.59 Å². The van der Waals surface area contributed by atoms with E-state index >= 15 is 0 Å². The second-order valence-corrected chi connectivity index (χ2v) is 5.82. The molecule has 0 aromatic rings. The van der Waals surface area contributed by atoms with Gasteiger partial charge in [0.25, 0.3) is 0 Å². The Morgan fingerprint density at radius 3 is 2.39 bits per heavy atom. The molecule has 1 aliphatic rings. The topological polar surface area (TPSA) is 55.8 Å². The first kappa shape index (κ1) is 14.8. The predicted molar refractivity (Wildman–Crippen MR) is 67.1 cm³/mol. The number of nitrogens with zero attached hydrogens (tertiary/aromatic N) is 1. The molecule has 0 radical (unpaired) electrons. The Labute approximate surface area is 108 Å². The lowest BCUT2D eigenvalue weighted by atomic mass is 9.87. The Morgan fingerprint density at radius 1 is 1.28 bits per heavy atom. The summed E-state index contributed by atoms with van der Waals surface area (Å²) in [6.07, 6.45) is 0.433. The van der Waals surface area contributed by atoms with Crippen LogP contribution in [0.3, 0.4) is 0 Å². The number of methoxy groups -OCH3 is 1. The van der Waals surface area contributed by atoms with Crippen LogP contribution >= 0.6 is 0 Å². The van der Waals surface area contributed by atoms with E-state index in [1.165, 1.54) is 7.11 Å². The fraction of sp³-hybridized carbons (Fsp3) is 0.846. The molecule has 1 saturated heterocycles. The van der Waals surface area contributed by atoms with E-state index in [4.69, 9.17) is 9.47 Å². The quantitative estimate of drug-likeness (QED) is 0.675. The maximum absolute atomic E-state index is 11.9. The van der Waals surface area contributed by atoms with Gasteiger partial charge in [-0.25, -0.2) is 4.79 Å². The summed E-state index contributed by atoms with van der Waals surface area (Å²) in [7, 11) is 1.38. The normalized spacial score (nSPS) is 24.6. The van der Waals surface area contributed by atoms with Crippen LogP contribution in [0.4, 0.5) is 4.79 Å². The lowest BCUT2D eigenvalue weighted by Crippen LogP contribution is -2.47. The van der Waals surface area contributed by atoms with Gasteiger partial charge in [-0.2, -0.15) is 0 Å². The summed E-state index contributed by atoms with van der Waals surface area (Å²) in [6.45, 7) is 8.50. The van der Waals surface area contributed by atoms with E-state index in [2.05, 4.69) is 0 Å². The highest BCUT2D eigenvalue weighted by atomic mass is 16.6. The number of hydrogen-bond donors (Lipinski definition) is 0. The van der Waals surface area contributed by atoms with Crippen molar-refractivity contribution in [2.45, 2.75) is 39.7 Å². The van der Waals surface area contributed by atoms with Crippen LogP contribution in [-0.4, -0.2) is 42.8 Å². The van der Waals surface area contributed by atoms with E-state index in [1.54, 1.807) is 4.90 Å². The highest BCUT2D eigenvalue weighted by Crippen LogP contribution is 2.25. The highest BCUT2D eigenvalue weighted by molar-refractivity contribution is 5.75.